The van der Waals surface area contributed by atoms with Gasteiger partial charge in [-0.15, -0.1) is 0 Å². The van der Waals surface area contributed by atoms with Crippen molar-refractivity contribution in [2.45, 2.75) is 33.0 Å². The van der Waals surface area contributed by atoms with Crippen molar-refractivity contribution in [2.75, 3.05) is 7.05 Å². The van der Waals surface area contributed by atoms with Crippen molar-refractivity contribution >= 4 is 27.7 Å². The smallest absolute Gasteiger partial charge is 0.358 e. The van der Waals surface area contributed by atoms with Crippen LogP contribution in [0.3, 0.4) is 0 Å². The number of aromatic nitrogens is 4. The Bertz CT molecular complexity index is 710. The molecule has 2 aromatic rings. The second-order valence-electron chi connectivity index (χ2n) is 4.97. The fourth-order valence-corrected chi connectivity index (χ4v) is 2.43. The summed E-state index contributed by atoms with van der Waals surface area (Å²) in [4.78, 5) is 23.7. The highest BCUT2D eigenvalue weighted by Gasteiger charge is 2.16. The van der Waals surface area contributed by atoms with E-state index in [1.54, 1.807) is 16.6 Å². The molecule has 0 atom stereocenters. The summed E-state index contributed by atoms with van der Waals surface area (Å²) in [7, 11) is 1.70. The first-order chi connectivity index (χ1) is 10.9. The number of nitrogens with zero attached hydrogens (tertiary/aromatic N) is 6. The quantitative estimate of drug-likeness (QED) is 0.535. The van der Waals surface area contributed by atoms with Crippen LogP contribution in [0, 0.1) is 10.1 Å². The maximum Gasteiger partial charge on any atom is 0.389 e. The van der Waals surface area contributed by atoms with Gasteiger partial charge in [0, 0.05) is 26.2 Å². The lowest BCUT2D eigenvalue weighted by molar-refractivity contribution is -0.389. The first-order valence-electron chi connectivity index (χ1n) is 7.04. The van der Waals surface area contributed by atoms with Gasteiger partial charge in [-0.2, -0.15) is 9.78 Å². The van der Waals surface area contributed by atoms with Crippen LogP contribution in [0.15, 0.2) is 22.9 Å². The highest BCUT2D eigenvalue weighted by molar-refractivity contribution is 9.10. The summed E-state index contributed by atoms with van der Waals surface area (Å²) in [6.07, 6.45) is 3.57. The first kappa shape index (κ1) is 17.1. The van der Waals surface area contributed by atoms with Crippen molar-refractivity contribution in [2.24, 2.45) is 0 Å². The minimum Gasteiger partial charge on any atom is -0.358 e. The predicted molar refractivity (Wildman–Crippen MR) is 85.6 cm³/mol. The standard InChI is InChI=1S/C13H17BrN6O3/c1-3-18-8-10(14)11(15-18)9-17(2)13(21)5-7-19-6-4-12(16-19)20(22)23/h4,6,8H,3,5,7,9H2,1-2H3. The van der Waals surface area contributed by atoms with Gasteiger partial charge in [0.2, 0.25) is 5.91 Å². The van der Waals surface area contributed by atoms with E-state index in [1.165, 1.54) is 16.9 Å². The molecule has 0 radical (unpaired) electrons. The molecular formula is C13H17BrN6O3. The molecule has 23 heavy (non-hydrogen) atoms. The highest BCUT2D eigenvalue weighted by Crippen LogP contribution is 2.16. The fraction of sp³-hybridized carbons (Fsp3) is 0.462. The summed E-state index contributed by atoms with van der Waals surface area (Å²) < 4.78 is 4.05. The van der Waals surface area contributed by atoms with Crippen LogP contribution >= 0.6 is 15.9 Å². The van der Waals surface area contributed by atoms with Crippen LogP contribution in [0.5, 0.6) is 0 Å². The van der Waals surface area contributed by atoms with E-state index in [4.69, 9.17) is 0 Å². The third kappa shape index (κ3) is 4.38. The molecule has 0 aliphatic carbocycles. The number of carbonyl (C=O) groups excluding carboxylic acids is 1. The van der Waals surface area contributed by atoms with Gasteiger partial charge in [-0.25, -0.2) is 0 Å². The molecule has 124 valence electrons. The summed E-state index contributed by atoms with van der Waals surface area (Å²) in [6, 6.07) is 1.31. The number of carbonyl (C=O) groups is 1. The second kappa shape index (κ2) is 7.36. The van der Waals surface area contributed by atoms with Gasteiger partial charge < -0.3 is 15.0 Å². The van der Waals surface area contributed by atoms with Crippen LogP contribution < -0.4 is 0 Å². The van der Waals surface area contributed by atoms with Gasteiger partial charge >= 0.3 is 5.82 Å². The number of amides is 1. The molecule has 0 bridgehead atoms. The molecule has 2 rings (SSSR count). The third-order valence-corrected chi connectivity index (χ3v) is 3.95. The molecule has 0 aromatic carbocycles. The molecule has 1 amide bonds. The number of rotatable bonds is 7. The molecular weight excluding hydrogens is 368 g/mol. The van der Waals surface area contributed by atoms with E-state index in [0.29, 0.717) is 13.1 Å². The third-order valence-electron chi connectivity index (χ3n) is 3.29. The van der Waals surface area contributed by atoms with E-state index in [-0.39, 0.29) is 18.1 Å². The van der Waals surface area contributed by atoms with E-state index < -0.39 is 4.92 Å². The van der Waals surface area contributed by atoms with E-state index in [0.717, 1.165) is 16.7 Å². The summed E-state index contributed by atoms with van der Waals surface area (Å²) in [5.74, 6) is -0.305. The van der Waals surface area contributed by atoms with Gasteiger partial charge in [-0.05, 0) is 27.8 Å². The van der Waals surface area contributed by atoms with Gasteiger partial charge in [-0.3, -0.25) is 9.48 Å². The predicted octanol–water partition coefficient (Wildman–Crippen LogP) is 1.82. The Morgan fingerprint density at radius 1 is 1.43 bits per heavy atom. The molecule has 0 N–H and O–H groups in total. The second-order valence-corrected chi connectivity index (χ2v) is 5.83. The van der Waals surface area contributed by atoms with Gasteiger partial charge in [0.1, 0.15) is 0 Å². The van der Waals surface area contributed by atoms with Crippen molar-refractivity contribution < 1.29 is 9.72 Å². The SMILES string of the molecule is CCn1cc(Br)c(CN(C)C(=O)CCn2ccc([N+](=O)[O-])n2)n1. The zero-order chi connectivity index (χ0) is 17.0. The summed E-state index contributed by atoms with van der Waals surface area (Å²) in [5, 5.41) is 18.7. The molecule has 0 saturated carbocycles. The van der Waals surface area contributed by atoms with Crippen LogP contribution in [0.2, 0.25) is 0 Å². The molecule has 0 saturated heterocycles. The number of nitro groups is 1. The Balaban J connectivity index is 1.89. The average molecular weight is 385 g/mol. The Morgan fingerprint density at radius 2 is 2.17 bits per heavy atom. The maximum absolute atomic E-state index is 12.2. The van der Waals surface area contributed by atoms with Crippen molar-refractivity contribution in [3.05, 3.63) is 38.7 Å². The topological polar surface area (TPSA) is 99.1 Å². The zero-order valence-corrected chi connectivity index (χ0v) is 14.4. The van der Waals surface area contributed by atoms with Crippen LogP contribution in [0.4, 0.5) is 5.82 Å². The molecule has 10 heteroatoms. The number of halogens is 1. The van der Waals surface area contributed by atoms with Crippen molar-refractivity contribution in [1.82, 2.24) is 24.5 Å². The Hall–Kier alpha value is -2.23. The minimum atomic E-state index is -0.563. The summed E-state index contributed by atoms with van der Waals surface area (Å²) >= 11 is 3.43. The van der Waals surface area contributed by atoms with E-state index in [9.17, 15) is 14.9 Å². The lowest BCUT2D eigenvalue weighted by Gasteiger charge is -2.15. The van der Waals surface area contributed by atoms with Crippen molar-refractivity contribution in [1.29, 1.82) is 0 Å². The summed E-state index contributed by atoms with van der Waals surface area (Å²) in [6.45, 7) is 3.43. The van der Waals surface area contributed by atoms with Crippen LogP contribution in [0.25, 0.3) is 0 Å². The van der Waals surface area contributed by atoms with E-state index in [1.807, 2.05) is 13.1 Å². The molecule has 0 unspecified atom stereocenters. The minimum absolute atomic E-state index is 0.0823. The molecule has 2 heterocycles. The molecule has 2 aromatic heterocycles. The van der Waals surface area contributed by atoms with E-state index >= 15 is 0 Å². The molecule has 9 nitrogen and oxygen atoms in total. The zero-order valence-electron chi connectivity index (χ0n) is 12.8. The van der Waals surface area contributed by atoms with Crippen molar-refractivity contribution in [3.8, 4) is 0 Å². The fourth-order valence-electron chi connectivity index (χ4n) is 1.99. The summed E-state index contributed by atoms with van der Waals surface area (Å²) in [5.41, 5.74) is 0.789. The lowest BCUT2D eigenvalue weighted by atomic mass is 10.3. The lowest BCUT2D eigenvalue weighted by Crippen LogP contribution is -2.27. The van der Waals surface area contributed by atoms with Gasteiger partial charge in [0.15, 0.2) is 0 Å². The largest absolute Gasteiger partial charge is 0.389 e. The van der Waals surface area contributed by atoms with E-state index in [2.05, 4.69) is 26.1 Å². The number of aryl methyl sites for hydroxylation is 2. The Kier molecular flexibility index (Phi) is 5.48. The molecule has 0 fully saturated rings. The number of hydrogen-bond donors (Lipinski definition) is 0. The number of hydrogen-bond acceptors (Lipinski definition) is 5. The normalized spacial score (nSPS) is 10.7. The molecule has 0 aliphatic rings. The Morgan fingerprint density at radius 3 is 2.74 bits per heavy atom. The van der Waals surface area contributed by atoms with Crippen molar-refractivity contribution in [3.63, 3.8) is 0 Å². The monoisotopic (exact) mass is 384 g/mol. The molecule has 0 spiro atoms. The van der Waals surface area contributed by atoms with Gasteiger partial charge in [0.25, 0.3) is 0 Å². The van der Waals surface area contributed by atoms with Crippen LogP contribution in [-0.2, 0) is 24.4 Å². The molecule has 0 aliphatic heterocycles. The first-order valence-corrected chi connectivity index (χ1v) is 7.83. The van der Waals surface area contributed by atoms with Gasteiger partial charge in [-0.1, -0.05) is 0 Å². The Labute approximate surface area is 141 Å². The van der Waals surface area contributed by atoms with Gasteiger partial charge in [0.05, 0.1) is 40.6 Å². The average Bonchev–Trinajstić information content (AvgIpc) is 3.12. The van der Waals surface area contributed by atoms with Crippen LogP contribution in [0.1, 0.15) is 19.0 Å². The maximum atomic E-state index is 12.2. The highest BCUT2D eigenvalue weighted by atomic mass is 79.9. The van der Waals surface area contributed by atoms with Crippen LogP contribution in [-0.4, -0.2) is 42.3 Å².